The number of hydrogen-bond acceptors (Lipinski definition) is 6. The molecule has 0 aromatic heterocycles. The lowest BCUT2D eigenvalue weighted by Gasteiger charge is -2.29. The summed E-state index contributed by atoms with van der Waals surface area (Å²) in [5, 5.41) is 2.80. The van der Waals surface area contributed by atoms with Crippen molar-refractivity contribution >= 4 is 21.6 Å². The third kappa shape index (κ3) is 5.81. The number of hydrogen-bond donors (Lipinski definition) is 1. The van der Waals surface area contributed by atoms with Gasteiger partial charge in [0.25, 0.3) is 0 Å². The van der Waals surface area contributed by atoms with Crippen LogP contribution in [0.1, 0.15) is 26.3 Å². The van der Waals surface area contributed by atoms with Crippen LogP contribution in [0.2, 0.25) is 0 Å². The van der Waals surface area contributed by atoms with Crippen molar-refractivity contribution in [2.75, 3.05) is 23.8 Å². The van der Waals surface area contributed by atoms with Gasteiger partial charge in [0.2, 0.25) is 15.9 Å². The van der Waals surface area contributed by atoms with Gasteiger partial charge < -0.3 is 19.5 Å². The van der Waals surface area contributed by atoms with Crippen molar-refractivity contribution in [1.29, 1.82) is 0 Å². The predicted molar refractivity (Wildman–Crippen MR) is 118 cm³/mol. The lowest BCUT2D eigenvalue weighted by atomic mass is 10.2. The van der Waals surface area contributed by atoms with Crippen molar-refractivity contribution in [1.82, 2.24) is 5.32 Å². The highest BCUT2D eigenvalue weighted by Crippen LogP contribution is 2.35. The molecule has 2 aromatic rings. The molecule has 3 rings (SSSR count). The van der Waals surface area contributed by atoms with Gasteiger partial charge in [0.05, 0.1) is 18.0 Å². The number of nitrogens with one attached hydrogen (secondary N) is 1. The first-order valence-corrected chi connectivity index (χ1v) is 11.9. The molecule has 8 nitrogen and oxygen atoms in total. The first-order chi connectivity index (χ1) is 14.6. The van der Waals surface area contributed by atoms with E-state index < -0.39 is 22.0 Å². The molecule has 1 aliphatic heterocycles. The highest BCUT2D eigenvalue weighted by molar-refractivity contribution is 7.92. The molecule has 31 heavy (non-hydrogen) atoms. The molecule has 1 aliphatic rings. The molecule has 0 saturated heterocycles. The molecule has 0 fully saturated rings. The Kier molecular flexibility index (Phi) is 6.94. The standard InChI is InChI=1S/C22H28N2O6S/c1-15(2)30-19-8-5-17(6-9-19)14-23-22(25)16(3)24(31(4,26)27)18-7-10-20-21(13-18)29-12-11-28-20/h5-10,13,15-16H,11-12,14H2,1-4H3,(H,23,25)/t16-/m0/s1. The Hall–Kier alpha value is -2.94. The zero-order valence-corrected chi connectivity index (χ0v) is 18.9. The molecular weight excluding hydrogens is 420 g/mol. The van der Waals surface area contributed by atoms with E-state index in [0.29, 0.717) is 30.4 Å². The number of sulfonamides is 1. The van der Waals surface area contributed by atoms with E-state index in [9.17, 15) is 13.2 Å². The number of nitrogens with zero attached hydrogens (tertiary/aromatic N) is 1. The molecule has 0 saturated carbocycles. The molecule has 9 heteroatoms. The van der Waals surface area contributed by atoms with Gasteiger partial charge in [-0.3, -0.25) is 9.10 Å². The van der Waals surface area contributed by atoms with Gasteiger partial charge >= 0.3 is 0 Å². The normalized spacial score (nSPS) is 14.1. The Balaban J connectivity index is 1.71. The Morgan fingerprint density at radius 2 is 1.71 bits per heavy atom. The fourth-order valence-electron chi connectivity index (χ4n) is 3.27. The predicted octanol–water partition coefficient (Wildman–Crippen LogP) is 2.72. The summed E-state index contributed by atoms with van der Waals surface area (Å²) < 4.78 is 42.7. The van der Waals surface area contributed by atoms with Crippen LogP contribution in [0.3, 0.4) is 0 Å². The number of benzene rings is 2. The van der Waals surface area contributed by atoms with Crippen molar-refractivity contribution in [2.24, 2.45) is 0 Å². The van der Waals surface area contributed by atoms with Crippen LogP contribution in [0.15, 0.2) is 42.5 Å². The van der Waals surface area contributed by atoms with Crippen molar-refractivity contribution in [3.8, 4) is 17.2 Å². The van der Waals surface area contributed by atoms with E-state index >= 15 is 0 Å². The lowest BCUT2D eigenvalue weighted by molar-refractivity contribution is -0.122. The van der Waals surface area contributed by atoms with Crippen LogP contribution < -0.4 is 23.8 Å². The minimum absolute atomic E-state index is 0.0777. The molecule has 0 spiro atoms. The van der Waals surface area contributed by atoms with Crippen LogP contribution in [-0.4, -0.2) is 45.9 Å². The Morgan fingerprint density at radius 3 is 2.32 bits per heavy atom. The Labute approximate surface area is 183 Å². The van der Waals surface area contributed by atoms with Crippen molar-refractivity contribution in [3.63, 3.8) is 0 Å². The number of amides is 1. The summed E-state index contributed by atoms with van der Waals surface area (Å²) in [5.41, 5.74) is 1.21. The van der Waals surface area contributed by atoms with Gasteiger partial charge in [-0.2, -0.15) is 0 Å². The second-order valence-electron chi connectivity index (χ2n) is 7.59. The zero-order chi connectivity index (χ0) is 22.6. The van der Waals surface area contributed by atoms with E-state index in [1.165, 1.54) is 0 Å². The molecule has 0 radical (unpaired) electrons. The maximum atomic E-state index is 12.8. The van der Waals surface area contributed by atoms with Gasteiger partial charge in [-0.25, -0.2) is 8.42 Å². The van der Waals surface area contributed by atoms with Gasteiger partial charge in [0.1, 0.15) is 25.0 Å². The third-order valence-electron chi connectivity index (χ3n) is 4.63. The monoisotopic (exact) mass is 448 g/mol. The average molecular weight is 449 g/mol. The molecule has 2 aromatic carbocycles. The lowest BCUT2D eigenvalue weighted by Crippen LogP contribution is -2.47. The second-order valence-corrected chi connectivity index (χ2v) is 9.45. The molecule has 0 unspecified atom stereocenters. The first kappa shape index (κ1) is 22.7. The third-order valence-corrected chi connectivity index (χ3v) is 5.87. The summed E-state index contributed by atoms with van der Waals surface area (Å²) in [5.74, 6) is 1.34. The number of fused-ring (bicyclic) bond motifs is 1. The van der Waals surface area contributed by atoms with Crippen LogP contribution in [0.5, 0.6) is 17.2 Å². The minimum Gasteiger partial charge on any atom is -0.491 e. The summed E-state index contributed by atoms with van der Waals surface area (Å²) in [7, 11) is -3.73. The quantitative estimate of drug-likeness (QED) is 0.667. The molecular formula is C22H28N2O6S. The number of ether oxygens (including phenoxy) is 3. The summed E-state index contributed by atoms with van der Waals surface area (Å²) in [6, 6.07) is 11.3. The average Bonchev–Trinajstić information content (AvgIpc) is 2.71. The summed E-state index contributed by atoms with van der Waals surface area (Å²) in [4.78, 5) is 12.8. The number of carbonyl (C=O) groups is 1. The van der Waals surface area contributed by atoms with Crippen molar-refractivity contribution in [3.05, 3.63) is 48.0 Å². The smallest absolute Gasteiger partial charge is 0.243 e. The topological polar surface area (TPSA) is 94.2 Å². The molecule has 0 bridgehead atoms. The fraction of sp³-hybridized carbons (Fsp3) is 0.409. The van der Waals surface area contributed by atoms with E-state index in [0.717, 1.165) is 21.9 Å². The van der Waals surface area contributed by atoms with E-state index in [1.807, 2.05) is 38.1 Å². The molecule has 1 heterocycles. The SMILES string of the molecule is CC(C)Oc1ccc(CNC(=O)[C@H](C)N(c2ccc3c(c2)OCCO3)S(C)(=O)=O)cc1. The van der Waals surface area contributed by atoms with E-state index in [-0.39, 0.29) is 12.6 Å². The maximum absolute atomic E-state index is 12.8. The van der Waals surface area contributed by atoms with Crippen LogP contribution >= 0.6 is 0 Å². The van der Waals surface area contributed by atoms with E-state index in [4.69, 9.17) is 14.2 Å². The van der Waals surface area contributed by atoms with Gasteiger partial charge in [-0.15, -0.1) is 0 Å². The summed E-state index contributed by atoms with van der Waals surface area (Å²) >= 11 is 0. The van der Waals surface area contributed by atoms with Crippen LogP contribution in [0.4, 0.5) is 5.69 Å². The molecule has 168 valence electrons. The number of rotatable bonds is 8. The summed E-state index contributed by atoms with van der Waals surface area (Å²) in [6.45, 7) is 6.53. The largest absolute Gasteiger partial charge is 0.491 e. The molecule has 1 atom stereocenters. The Bertz CT molecular complexity index is 1020. The van der Waals surface area contributed by atoms with Crippen LogP contribution in [-0.2, 0) is 21.4 Å². The maximum Gasteiger partial charge on any atom is 0.243 e. The van der Waals surface area contributed by atoms with Crippen molar-refractivity contribution < 1.29 is 27.4 Å². The first-order valence-electron chi connectivity index (χ1n) is 10.1. The van der Waals surface area contributed by atoms with Crippen LogP contribution in [0.25, 0.3) is 0 Å². The van der Waals surface area contributed by atoms with Crippen molar-refractivity contribution in [2.45, 2.75) is 39.5 Å². The second kappa shape index (κ2) is 9.47. The van der Waals surface area contributed by atoms with Crippen LogP contribution in [0, 0.1) is 0 Å². The van der Waals surface area contributed by atoms with Gasteiger partial charge in [0.15, 0.2) is 11.5 Å². The molecule has 1 amide bonds. The fourth-order valence-corrected chi connectivity index (χ4v) is 4.44. The number of anilines is 1. The zero-order valence-electron chi connectivity index (χ0n) is 18.1. The highest BCUT2D eigenvalue weighted by Gasteiger charge is 2.30. The Morgan fingerprint density at radius 1 is 1.06 bits per heavy atom. The highest BCUT2D eigenvalue weighted by atomic mass is 32.2. The molecule has 0 aliphatic carbocycles. The van der Waals surface area contributed by atoms with E-state index in [1.54, 1.807) is 25.1 Å². The summed E-state index contributed by atoms with van der Waals surface area (Å²) in [6.07, 6.45) is 1.15. The molecule has 1 N–H and O–H groups in total. The van der Waals surface area contributed by atoms with E-state index in [2.05, 4.69) is 5.32 Å². The minimum atomic E-state index is -3.73. The number of carbonyl (C=O) groups excluding carboxylic acids is 1. The van der Waals surface area contributed by atoms with Gasteiger partial charge in [-0.1, -0.05) is 12.1 Å². The van der Waals surface area contributed by atoms with Gasteiger partial charge in [-0.05, 0) is 50.6 Å². The van der Waals surface area contributed by atoms with Gasteiger partial charge in [0, 0.05) is 12.6 Å².